The fourth-order valence-corrected chi connectivity index (χ4v) is 1.33. The molecule has 2 nitrogen and oxygen atoms in total. The quantitative estimate of drug-likeness (QED) is 0.771. The first-order chi connectivity index (χ1) is 6.87. The third-order valence-electron chi connectivity index (χ3n) is 2.19. The zero-order valence-corrected chi connectivity index (χ0v) is 10.1. The molecule has 0 saturated carbocycles. The summed E-state index contributed by atoms with van der Waals surface area (Å²) in [4.78, 5) is 0. The number of ether oxygens (including phenoxy) is 1. The first kappa shape index (κ1) is 11.9. The maximum absolute atomic E-state index is 5.74. The van der Waals surface area contributed by atoms with Crippen LogP contribution >= 0.6 is 0 Å². The van der Waals surface area contributed by atoms with Crippen LogP contribution in [0.4, 0.5) is 5.69 Å². The van der Waals surface area contributed by atoms with Gasteiger partial charge in [0.15, 0.2) is 0 Å². The number of hydrogen-bond acceptors (Lipinski definition) is 2. The van der Waals surface area contributed by atoms with Gasteiger partial charge in [0.2, 0.25) is 0 Å². The first-order valence-electron chi connectivity index (χ1n) is 5.37. The van der Waals surface area contributed by atoms with Gasteiger partial charge in [-0.3, -0.25) is 0 Å². The van der Waals surface area contributed by atoms with E-state index in [-0.39, 0.29) is 0 Å². The summed E-state index contributed by atoms with van der Waals surface area (Å²) in [6, 6.07) is 5.82. The van der Waals surface area contributed by atoms with Crippen LogP contribution in [0.25, 0.3) is 0 Å². The predicted molar refractivity (Wildman–Crippen MR) is 65.2 cm³/mol. The number of anilines is 1. The summed E-state index contributed by atoms with van der Waals surface area (Å²) in [5.74, 6) is 0.872. The molecule has 0 bridgehead atoms. The fraction of sp³-hybridized carbons (Fsp3) is 0.538. The van der Waals surface area contributed by atoms with Crippen LogP contribution in [0, 0.1) is 12.3 Å². The van der Waals surface area contributed by atoms with Crippen molar-refractivity contribution in [3.05, 3.63) is 23.8 Å². The Balaban J connectivity index is 2.51. The van der Waals surface area contributed by atoms with E-state index in [4.69, 9.17) is 10.5 Å². The van der Waals surface area contributed by atoms with Crippen molar-refractivity contribution in [1.29, 1.82) is 0 Å². The zero-order valence-electron chi connectivity index (χ0n) is 10.1. The van der Waals surface area contributed by atoms with Crippen molar-refractivity contribution in [1.82, 2.24) is 0 Å². The number of rotatable bonds is 3. The third kappa shape index (κ3) is 4.73. The highest BCUT2D eigenvalue weighted by Gasteiger charge is 2.09. The molecule has 1 aromatic carbocycles. The number of hydrogen-bond donors (Lipinski definition) is 1. The summed E-state index contributed by atoms with van der Waals surface area (Å²) in [5, 5.41) is 0. The number of nitrogens with two attached hydrogens (primary N) is 1. The largest absolute Gasteiger partial charge is 0.493 e. The molecule has 1 aromatic rings. The molecule has 0 atom stereocenters. The Morgan fingerprint density at radius 3 is 2.40 bits per heavy atom. The molecule has 0 heterocycles. The Labute approximate surface area is 92.4 Å². The Morgan fingerprint density at radius 1 is 1.20 bits per heavy atom. The second kappa shape index (κ2) is 4.56. The summed E-state index contributed by atoms with van der Waals surface area (Å²) >= 11 is 0. The molecule has 0 saturated heterocycles. The van der Waals surface area contributed by atoms with Gasteiger partial charge in [-0.25, -0.2) is 0 Å². The Bertz CT molecular complexity index is 306. The topological polar surface area (TPSA) is 35.2 Å². The summed E-state index contributed by atoms with van der Waals surface area (Å²) in [6.07, 6.45) is 1.04. The Kier molecular flexibility index (Phi) is 3.61. The average molecular weight is 207 g/mol. The van der Waals surface area contributed by atoms with Crippen molar-refractivity contribution in [2.75, 3.05) is 12.3 Å². The number of nitrogen functional groups attached to an aromatic ring is 1. The lowest BCUT2D eigenvalue weighted by Crippen LogP contribution is -2.11. The van der Waals surface area contributed by atoms with E-state index in [9.17, 15) is 0 Å². The molecule has 84 valence electrons. The third-order valence-corrected chi connectivity index (χ3v) is 2.19. The normalized spacial score (nSPS) is 11.5. The molecule has 0 aliphatic carbocycles. The molecule has 0 unspecified atom stereocenters. The van der Waals surface area contributed by atoms with Crippen LogP contribution in [0.5, 0.6) is 5.75 Å². The van der Waals surface area contributed by atoms with Gasteiger partial charge in [0.1, 0.15) is 5.75 Å². The molecule has 2 heteroatoms. The molecular weight excluding hydrogens is 186 g/mol. The maximum atomic E-state index is 5.74. The molecule has 0 amide bonds. The van der Waals surface area contributed by atoms with Crippen LogP contribution in [0.15, 0.2) is 18.2 Å². The van der Waals surface area contributed by atoms with Crippen LogP contribution in [-0.4, -0.2) is 6.61 Å². The monoisotopic (exact) mass is 207 g/mol. The Morgan fingerprint density at radius 2 is 1.87 bits per heavy atom. The molecular formula is C13H21NO. The van der Waals surface area contributed by atoms with Crippen LogP contribution < -0.4 is 10.5 Å². The molecule has 0 spiro atoms. The summed E-state index contributed by atoms with van der Waals surface area (Å²) in [5.41, 5.74) is 7.96. The van der Waals surface area contributed by atoms with Gasteiger partial charge in [0, 0.05) is 11.8 Å². The van der Waals surface area contributed by atoms with Crippen molar-refractivity contribution in [3.8, 4) is 5.75 Å². The van der Waals surface area contributed by atoms with Gasteiger partial charge in [-0.05, 0) is 36.5 Å². The predicted octanol–water partition coefficient (Wildman–Crippen LogP) is 3.39. The lowest BCUT2D eigenvalue weighted by Gasteiger charge is -2.18. The zero-order chi connectivity index (χ0) is 11.5. The van der Waals surface area contributed by atoms with Crippen LogP contribution in [0.3, 0.4) is 0 Å². The molecule has 0 aliphatic rings. The minimum atomic E-state index is 0.315. The molecule has 0 fully saturated rings. The van der Waals surface area contributed by atoms with Crippen molar-refractivity contribution in [2.24, 2.45) is 5.41 Å². The smallest absolute Gasteiger partial charge is 0.121 e. The van der Waals surface area contributed by atoms with E-state index in [1.807, 2.05) is 25.1 Å². The summed E-state index contributed by atoms with van der Waals surface area (Å²) in [7, 11) is 0. The van der Waals surface area contributed by atoms with E-state index >= 15 is 0 Å². The van der Waals surface area contributed by atoms with E-state index in [1.165, 1.54) is 0 Å². The van der Waals surface area contributed by atoms with Crippen LogP contribution in [0.1, 0.15) is 32.8 Å². The molecule has 2 N–H and O–H groups in total. The number of aryl methyl sites for hydroxylation is 1. The molecule has 0 aliphatic heterocycles. The van der Waals surface area contributed by atoms with Crippen molar-refractivity contribution >= 4 is 5.69 Å². The highest BCUT2D eigenvalue weighted by molar-refractivity contribution is 5.47. The lowest BCUT2D eigenvalue weighted by molar-refractivity contribution is 0.243. The van der Waals surface area contributed by atoms with Gasteiger partial charge >= 0.3 is 0 Å². The van der Waals surface area contributed by atoms with E-state index in [0.717, 1.165) is 30.0 Å². The average Bonchev–Trinajstić information content (AvgIpc) is 1.99. The van der Waals surface area contributed by atoms with Gasteiger partial charge in [0.25, 0.3) is 0 Å². The Hall–Kier alpha value is -1.18. The standard InChI is InChI=1S/C13H21NO/c1-10-7-11(14)9-12(8-10)15-6-5-13(2,3)4/h7-9H,5-6,14H2,1-4H3. The van der Waals surface area contributed by atoms with E-state index < -0.39 is 0 Å². The molecule has 15 heavy (non-hydrogen) atoms. The second-order valence-corrected chi connectivity index (χ2v) is 5.24. The van der Waals surface area contributed by atoms with Crippen LogP contribution in [0.2, 0.25) is 0 Å². The molecule has 1 rings (SSSR count). The summed E-state index contributed by atoms with van der Waals surface area (Å²) in [6.45, 7) is 9.39. The van der Waals surface area contributed by atoms with E-state index in [1.54, 1.807) is 0 Å². The minimum Gasteiger partial charge on any atom is -0.493 e. The highest BCUT2D eigenvalue weighted by atomic mass is 16.5. The van der Waals surface area contributed by atoms with E-state index in [2.05, 4.69) is 20.8 Å². The van der Waals surface area contributed by atoms with Gasteiger partial charge in [-0.15, -0.1) is 0 Å². The second-order valence-electron chi connectivity index (χ2n) is 5.24. The summed E-state index contributed by atoms with van der Waals surface area (Å²) < 4.78 is 5.66. The highest BCUT2D eigenvalue weighted by Crippen LogP contribution is 2.21. The molecule has 0 radical (unpaired) electrons. The van der Waals surface area contributed by atoms with Crippen molar-refractivity contribution in [3.63, 3.8) is 0 Å². The lowest BCUT2D eigenvalue weighted by atomic mass is 9.93. The van der Waals surface area contributed by atoms with Gasteiger partial charge < -0.3 is 10.5 Å². The minimum absolute atomic E-state index is 0.315. The van der Waals surface area contributed by atoms with E-state index in [0.29, 0.717) is 5.41 Å². The first-order valence-corrected chi connectivity index (χ1v) is 5.37. The van der Waals surface area contributed by atoms with Gasteiger partial charge in [-0.1, -0.05) is 20.8 Å². The number of benzene rings is 1. The maximum Gasteiger partial charge on any atom is 0.121 e. The fourth-order valence-electron chi connectivity index (χ4n) is 1.33. The SMILES string of the molecule is Cc1cc(N)cc(OCCC(C)(C)C)c1. The van der Waals surface area contributed by atoms with Crippen LogP contribution in [-0.2, 0) is 0 Å². The van der Waals surface area contributed by atoms with Gasteiger partial charge in [0.05, 0.1) is 6.61 Å². The van der Waals surface area contributed by atoms with Gasteiger partial charge in [-0.2, -0.15) is 0 Å². The van der Waals surface area contributed by atoms with Crippen molar-refractivity contribution in [2.45, 2.75) is 34.1 Å². The van der Waals surface area contributed by atoms with Crippen molar-refractivity contribution < 1.29 is 4.74 Å². The molecule has 0 aromatic heterocycles.